The van der Waals surface area contributed by atoms with Crippen LogP contribution in [0.25, 0.3) is 10.9 Å². The number of H-pyrrole nitrogens is 1. The molecule has 0 aliphatic rings. The summed E-state index contributed by atoms with van der Waals surface area (Å²) in [5.41, 5.74) is 3.29. The molecule has 2 heterocycles. The molecule has 0 aliphatic heterocycles. The molecular formula is C30H36N4O4S3. The predicted octanol–water partition coefficient (Wildman–Crippen LogP) is 6.46. The Morgan fingerprint density at radius 3 is 2.59 bits per heavy atom. The van der Waals surface area contributed by atoms with E-state index in [1.54, 1.807) is 43.9 Å². The second-order valence-corrected chi connectivity index (χ2v) is 12.1. The SMILES string of the molecule is COC(OC)C(CNC(=O)c1cc2cc(OCCCSC)cc(NSc3ccccn3)c2[nH]1)SCc1ccccc1. The van der Waals surface area contributed by atoms with Gasteiger partial charge in [0, 0.05) is 56.1 Å². The van der Waals surface area contributed by atoms with Gasteiger partial charge in [-0.1, -0.05) is 36.4 Å². The fourth-order valence-electron chi connectivity index (χ4n) is 4.11. The van der Waals surface area contributed by atoms with Gasteiger partial charge in [-0.25, -0.2) is 4.98 Å². The number of aromatic amines is 1. The van der Waals surface area contributed by atoms with Crippen molar-refractivity contribution in [3.05, 3.63) is 84.2 Å². The summed E-state index contributed by atoms with van der Waals surface area (Å²) >= 11 is 4.88. The van der Waals surface area contributed by atoms with Crippen LogP contribution in [0.3, 0.4) is 0 Å². The monoisotopic (exact) mass is 612 g/mol. The zero-order chi connectivity index (χ0) is 28.9. The highest BCUT2D eigenvalue weighted by molar-refractivity contribution is 8.00. The van der Waals surface area contributed by atoms with E-state index in [4.69, 9.17) is 14.2 Å². The third kappa shape index (κ3) is 9.34. The number of anilines is 1. The van der Waals surface area contributed by atoms with Crippen LogP contribution in [0.4, 0.5) is 5.69 Å². The number of aromatic nitrogens is 2. The lowest BCUT2D eigenvalue weighted by Gasteiger charge is -2.24. The number of nitrogens with one attached hydrogen (secondary N) is 3. The number of methoxy groups -OCH3 is 2. The third-order valence-electron chi connectivity index (χ3n) is 6.15. The number of carbonyl (C=O) groups is 1. The van der Waals surface area contributed by atoms with Crippen LogP contribution in [0.5, 0.6) is 5.75 Å². The van der Waals surface area contributed by atoms with Crippen LogP contribution in [-0.2, 0) is 15.2 Å². The molecule has 4 rings (SSSR count). The van der Waals surface area contributed by atoms with Crippen LogP contribution in [-0.4, -0.2) is 66.8 Å². The second-order valence-electron chi connectivity index (χ2n) is 9.07. The van der Waals surface area contributed by atoms with E-state index in [1.807, 2.05) is 54.6 Å². The van der Waals surface area contributed by atoms with Crippen LogP contribution < -0.4 is 14.8 Å². The van der Waals surface area contributed by atoms with Gasteiger partial charge in [-0.05, 0) is 48.3 Å². The number of pyridine rings is 1. The summed E-state index contributed by atoms with van der Waals surface area (Å²) in [6.07, 6.45) is 4.34. The van der Waals surface area contributed by atoms with Crippen molar-refractivity contribution in [2.45, 2.75) is 28.7 Å². The minimum atomic E-state index is -0.461. The molecule has 218 valence electrons. The quantitative estimate of drug-likeness (QED) is 0.0705. The lowest BCUT2D eigenvalue weighted by Crippen LogP contribution is -2.39. The first kappa shape index (κ1) is 31.1. The highest BCUT2D eigenvalue weighted by Gasteiger charge is 2.23. The number of fused-ring (bicyclic) bond motifs is 1. The van der Waals surface area contributed by atoms with E-state index in [-0.39, 0.29) is 11.2 Å². The van der Waals surface area contributed by atoms with Crippen LogP contribution in [0.15, 0.2) is 78.0 Å². The molecule has 11 heteroatoms. The first-order valence-corrected chi connectivity index (χ1v) is 16.5. The van der Waals surface area contributed by atoms with Gasteiger partial charge in [0.2, 0.25) is 0 Å². The first-order chi connectivity index (χ1) is 20.1. The number of hydrogen-bond acceptors (Lipinski definition) is 9. The summed E-state index contributed by atoms with van der Waals surface area (Å²) in [6.45, 7) is 1.00. The van der Waals surface area contributed by atoms with Crippen molar-refractivity contribution in [2.24, 2.45) is 0 Å². The molecule has 8 nitrogen and oxygen atoms in total. The minimum Gasteiger partial charge on any atom is -0.493 e. The Morgan fingerprint density at radius 1 is 1.05 bits per heavy atom. The average molecular weight is 613 g/mol. The van der Waals surface area contributed by atoms with Crippen molar-refractivity contribution < 1.29 is 19.0 Å². The topological polar surface area (TPSA) is 97.5 Å². The molecule has 41 heavy (non-hydrogen) atoms. The Hall–Kier alpha value is -2.83. The minimum absolute atomic E-state index is 0.105. The molecule has 2 aromatic carbocycles. The van der Waals surface area contributed by atoms with Gasteiger partial charge in [-0.15, -0.1) is 11.8 Å². The number of ether oxygens (including phenoxy) is 3. The van der Waals surface area contributed by atoms with Crippen molar-refractivity contribution in [3.8, 4) is 5.75 Å². The summed E-state index contributed by atoms with van der Waals surface area (Å²) < 4.78 is 20.5. The Kier molecular flexibility index (Phi) is 12.6. The van der Waals surface area contributed by atoms with Gasteiger partial charge in [0.15, 0.2) is 6.29 Å². The highest BCUT2D eigenvalue weighted by Crippen LogP contribution is 2.33. The van der Waals surface area contributed by atoms with E-state index in [2.05, 4.69) is 38.4 Å². The normalized spacial score (nSPS) is 12.0. The van der Waals surface area contributed by atoms with E-state index in [9.17, 15) is 4.79 Å². The molecule has 2 aromatic heterocycles. The van der Waals surface area contributed by atoms with E-state index in [0.29, 0.717) is 18.8 Å². The summed E-state index contributed by atoms with van der Waals surface area (Å²) in [6, 6.07) is 21.7. The molecule has 4 aromatic rings. The van der Waals surface area contributed by atoms with Crippen molar-refractivity contribution in [1.82, 2.24) is 15.3 Å². The lowest BCUT2D eigenvalue weighted by molar-refractivity contribution is -0.101. The average Bonchev–Trinajstić information content (AvgIpc) is 3.45. The Labute approximate surface area is 254 Å². The number of hydrogen-bond donors (Lipinski definition) is 3. The molecule has 3 N–H and O–H groups in total. The maximum atomic E-state index is 13.3. The summed E-state index contributed by atoms with van der Waals surface area (Å²) in [4.78, 5) is 21.0. The summed E-state index contributed by atoms with van der Waals surface area (Å²) in [5.74, 6) is 2.35. The molecule has 0 saturated heterocycles. The zero-order valence-electron chi connectivity index (χ0n) is 23.4. The summed E-state index contributed by atoms with van der Waals surface area (Å²) in [5, 5.41) is 4.67. The largest absolute Gasteiger partial charge is 0.493 e. The lowest BCUT2D eigenvalue weighted by atomic mass is 10.2. The molecule has 0 radical (unpaired) electrons. The molecule has 0 aliphatic carbocycles. The van der Waals surface area contributed by atoms with Crippen LogP contribution in [0.2, 0.25) is 0 Å². The molecule has 1 unspecified atom stereocenters. The van der Waals surface area contributed by atoms with Gasteiger partial charge in [-0.2, -0.15) is 11.8 Å². The Bertz CT molecular complexity index is 1350. The van der Waals surface area contributed by atoms with Gasteiger partial charge < -0.3 is 29.2 Å². The standard InChI is InChI=1S/C30H36N4O4S3/c1-36-30(37-2)26(40-20-21-10-5-4-6-11-21)19-32-29(35)25-17-22-16-23(38-14-9-15-39-3)18-24(28(22)33-25)34-41-27-12-7-8-13-31-27/h4-8,10-13,16-18,26,30,33-34H,9,14-15,19-20H2,1-3H3,(H,32,35). The molecule has 0 fully saturated rings. The number of carbonyl (C=O) groups excluding carboxylic acids is 1. The summed E-state index contributed by atoms with van der Waals surface area (Å²) in [7, 11) is 3.23. The molecular weight excluding hydrogens is 577 g/mol. The maximum Gasteiger partial charge on any atom is 0.267 e. The van der Waals surface area contributed by atoms with Crippen molar-refractivity contribution in [3.63, 3.8) is 0 Å². The number of rotatable bonds is 17. The zero-order valence-corrected chi connectivity index (χ0v) is 25.9. The van der Waals surface area contributed by atoms with E-state index in [0.717, 1.165) is 45.3 Å². The predicted molar refractivity (Wildman–Crippen MR) is 172 cm³/mol. The van der Waals surface area contributed by atoms with Gasteiger partial charge in [-0.3, -0.25) is 4.79 Å². The number of thioether (sulfide) groups is 2. The Balaban J connectivity index is 1.49. The molecule has 1 atom stereocenters. The van der Waals surface area contributed by atoms with Gasteiger partial charge in [0.1, 0.15) is 16.5 Å². The first-order valence-electron chi connectivity index (χ1n) is 13.2. The highest BCUT2D eigenvalue weighted by atomic mass is 32.2. The van der Waals surface area contributed by atoms with Crippen molar-refractivity contribution >= 4 is 58.0 Å². The van der Waals surface area contributed by atoms with Crippen molar-refractivity contribution in [2.75, 3.05) is 44.1 Å². The molecule has 0 saturated carbocycles. The molecule has 0 bridgehead atoms. The van der Waals surface area contributed by atoms with E-state index in [1.165, 1.54) is 17.5 Å². The van der Waals surface area contributed by atoms with Crippen LogP contribution in [0, 0.1) is 0 Å². The van der Waals surface area contributed by atoms with Crippen molar-refractivity contribution in [1.29, 1.82) is 0 Å². The number of amides is 1. The number of benzene rings is 2. The third-order valence-corrected chi connectivity index (χ3v) is 8.94. The smallest absolute Gasteiger partial charge is 0.267 e. The van der Waals surface area contributed by atoms with E-state index < -0.39 is 6.29 Å². The molecule has 0 spiro atoms. The Morgan fingerprint density at radius 2 is 1.85 bits per heavy atom. The molecule has 1 amide bonds. The van der Waals surface area contributed by atoms with Gasteiger partial charge in [0.05, 0.1) is 23.1 Å². The maximum absolute atomic E-state index is 13.3. The van der Waals surface area contributed by atoms with Gasteiger partial charge in [0.25, 0.3) is 5.91 Å². The van der Waals surface area contributed by atoms with Gasteiger partial charge >= 0.3 is 0 Å². The van der Waals surface area contributed by atoms with E-state index >= 15 is 0 Å². The second kappa shape index (κ2) is 16.6. The van der Waals surface area contributed by atoms with Crippen LogP contribution in [0.1, 0.15) is 22.5 Å². The number of nitrogens with zero attached hydrogens (tertiary/aromatic N) is 1. The fraction of sp³-hybridized carbons (Fsp3) is 0.333. The van der Waals surface area contributed by atoms with Crippen LogP contribution >= 0.6 is 35.5 Å². The fourth-order valence-corrected chi connectivity index (χ4v) is 6.33.